The predicted octanol–water partition coefficient (Wildman–Crippen LogP) is 2.35. The van der Waals surface area contributed by atoms with Gasteiger partial charge in [0.15, 0.2) is 0 Å². The lowest BCUT2D eigenvalue weighted by molar-refractivity contribution is -0.112. The number of hydrogen-bond acceptors (Lipinski definition) is 2. The van der Waals surface area contributed by atoms with E-state index < -0.39 is 0 Å². The normalized spacial score (nSPS) is 16.7. The van der Waals surface area contributed by atoms with Crippen LogP contribution in [0.1, 0.15) is 34.3 Å². The van der Waals surface area contributed by atoms with Crippen molar-refractivity contribution in [2.75, 3.05) is 13.1 Å². The van der Waals surface area contributed by atoms with Crippen LogP contribution in [0.3, 0.4) is 0 Å². The van der Waals surface area contributed by atoms with E-state index in [1.165, 1.54) is 5.56 Å². The van der Waals surface area contributed by atoms with Crippen molar-refractivity contribution in [3.8, 4) is 0 Å². The maximum atomic E-state index is 12.3. The number of hydrogen-bond donors (Lipinski definition) is 0. The van der Waals surface area contributed by atoms with Crippen molar-refractivity contribution in [2.24, 2.45) is 5.92 Å². The molecule has 96 valence electrons. The highest BCUT2D eigenvalue weighted by atomic mass is 16.2. The number of carbonyl (C=O) groups is 2. The van der Waals surface area contributed by atoms with Crippen LogP contribution < -0.4 is 0 Å². The molecule has 0 N–H and O–H groups in total. The number of amides is 1. The number of carbonyl (C=O) groups excluding carboxylic acids is 2. The van der Waals surface area contributed by atoms with E-state index in [9.17, 15) is 9.59 Å². The van der Waals surface area contributed by atoms with Gasteiger partial charge < -0.3 is 9.69 Å². The van der Waals surface area contributed by atoms with Gasteiger partial charge in [0.1, 0.15) is 6.29 Å². The largest absolute Gasteiger partial charge is 0.339 e. The standard InChI is InChI=1S/C15H19NO2/c1-11-3-4-14(9-12(11)2)15(18)16-7-5-13(10-17)6-8-16/h3-4,9-10,13H,5-8H2,1-2H3. The van der Waals surface area contributed by atoms with Gasteiger partial charge in [-0.1, -0.05) is 6.07 Å². The Morgan fingerprint density at radius 2 is 1.89 bits per heavy atom. The Kier molecular flexibility index (Phi) is 3.80. The molecule has 0 saturated carbocycles. The maximum Gasteiger partial charge on any atom is 0.253 e. The van der Waals surface area contributed by atoms with Crippen LogP contribution in [-0.4, -0.2) is 30.2 Å². The van der Waals surface area contributed by atoms with E-state index >= 15 is 0 Å². The van der Waals surface area contributed by atoms with Gasteiger partial charge in [-0.05, 0) is 49.9 Å². The molecule has 1 aliphatic heterocycles. The van der Waals surface area contributed by atoms with E-state index in [1.807, 2.05) is 36.9 Å². The summed E-state index contributed by atoms with van der Waals surface area (Å²) in [5.74, 6) is 0.219. The second kappa shape index (κ2) is 5.34. The Bertz CT molecular complexity index is 460. The fourth-order valence-corrected chi connectivity index (χ4v) is 2.30. The van der Waals surface area contributed by atoms with Crippen LogP contribution in [0.5, 0.6) is 0 Å². The van der Waals surface area contributed by atoms with Gasteiger partial charge in [0, 0.05) is 24.6 Å². The topological polar surface area (TPSA) is 37.4 Å². The quantitative estimate of drug-likeness (QED) is 0.750. The lowest BCUT2D eigenvalue weighted by atomic mass is 9.97. The molecule has 3 nitrogen and oxygen atoms in total. The summed E-state index contributed by atoms with van der Waals surface area (Å²) >= 11 is 0. The number of rotatable bonds is 2. The van der Waals surface area contributed by atoms with Crippen molar-refractivity contribution in [1.82, 2.24) is 4.90 Å². The fraction of sp³-hybridized carbons (Fsp3) is 0.467. The number of benzene rings is 1. The van der Waals surface area contributed by atoms with Crippen LogP contribution in [0, 0.1) is 19.8 Å². The van der Waals surface area contributed by atoms with E-state index in [4.69, 9.17) is 0 Å². The molecule has 0 aliphatic carbocycles. The lowest BCUT2D eigenvalue weighted by Crippen LogP contribution is -2.38. The van der Waals surface area contributed by atoms with Gasteiger partial charge in [-0.2, -0.15) is 0 Å². The Balaban J connectivity index is 2.07. The summed E-state index contributed by atoms with van der Waals surface area (Å²) in [4.78, 5) is 24.8. The molecule has 0 bridgehead atoms. The Morgan fingerprint density at radius 1 is 1.22 bits per heavy atom. The second-order valence-electron chi connectivity index (χ2n) is 5.06. The minimum Gasteiger partial charge on any atom is -0.339 e. The summed E-state index contributed by atoms with van der Waals surface area (Å²) in [6.07, 6.45) is 2.60. The average molecular weight is 245 g/mol. The molecule has 1 aromatic carbocycles. The molecule has 1 saturated heterocycles. The molecule has 0 unspecified atom stereocenters. The zero-order valence-corrected chi connectivity index (χ0v) is 11.0. The molecule has 0 spiro atoms. The Hall–Kier alpha value is -1.64. The van der Waals surface area contributed by atoms with Crippen LogP contribution in [-0.2, 0) is 4.79 Å². The average Bonchev–Trinajstić information content (AvgIpc) is 2.41. The number of aldehydes is 1. The highest BCUT2D eigenvalue weighted by Crippen LogP contribution is 2.18. The van der Waals surface area contributed by atoms with Crippen molar-refractivity contribution in [3.05, 3.63) is 34.9 Å². The van der Waals surface area contributed by atoms with Gasteiger partial charge in [-0.3, -0.25) is 4.79 Å². The van der Waals surface area contributed by atoms with E-state index in [-0.39, 0.29) is 11.8 Å². The molecular weight excluding hydrogens is 226 g/mol. The first-order valence-corrected chi connectivity index (χ1v) is 6.43. The van der Waals surface area contributed by atoms with Crippen LogP contribution in [0.2, 0.25) is 0 Å². The molecule has 1 fully saturated rings. The van der Waals surface area contributed by atoms with Gasteiger partial charge in [0.25, 0.3) is 5.91 Å². The third-order valence-electron chi connectivity index (χ3n) is 3.77. The SMILES string of the molecule is Cc1ccc(C(=O)N2CCC(C=O)CC2)cc1C. The summed E-state index contributed by atoms with van der Waals surface area (Å²) in [5, 5.41) is 0. The van der Waals surface area contributed by atoms with Crippen molar-refractivity contribution >= 4 is 12.2 Å². The molecule has 2 rings (SSSR count). The van der Waals surface area contributed by atoms with Crippen LogP contribution in [0.15, 0.2) is 18.2 Å². The molecular formula is C15H19NO2. The first-order chi connectivity index (χ1) is 8.61. The van der Waals surface area contributed by atoms with E-state index in [0.29, 0.717) is 13.1 Å². The highest BCUT2D eigenvalue weighted by Gasteiger charge is 2.23. The zero-order valence-electron chi connectivity index (χ0n) is 11.0. The maximum absolute atomic E-state index is 12.3. The first kappa shape index (κ1) is 12.8. The molecule has 3 heteroatoms. The van der Waals surface area contributed by atoms with Gasteiger partial charge in [0.05, 0.1) is 0 Å². The smallest absolute Gasteiger partial charge is 0.253 e. The van der Waals surface area contributed by atoms with Gasteiger partial charge in [-0.15, -0.1) is 0 Å². The monoisotopic (exact) mass is 245 g/mol. The van der Waals surface area contributed by atoms with Crippen molar-refractivity contribution in [1.29, 1.82) is 0 Å². The molecule has 1 heterocycles. The van der Waals surface area contributed by atoms with E-state index in [1.54, 1.807) is 0 Å². The summed E-state index contributed by atoms with van der Waals surface area (Å²) in [7, 11) is 0. The summed E-state index contributed by atoms with van der Waals surface area (Å²) in [6.45, 7) is 5.44. The highest BCUT2D eigenvalue weighted by molar-refractivity contribution is 5.94. The summed E-state index contributed by atoms with van der Waals surface area (Å²) in [5.41, 5.74) is 3.09. The lowest BCUT2D eigenvalue weighted by Gasteiger charge is -2.29. The minimum absolute atomic E-state index is 0.0856. The van der Waals surface area contributed by atoms with Crippen molar-refractivity contribution in [3.63, 3.8) is 0 Å². The molecule has 1 aromatic rings. The van der Waals surface area contributed by atoms with Gasteiger partial charge in [-0.25, -0.2) is 0 Å². The van der Waals surface area contributed by atoms with E-state index in [2.05, 4.69) is 0 Å². The van der Waals surface area contributed by atoms with E-state index in [0.717, 1.165) is 30.3 Å². The Morgan fingerprint density at radius 3 is 2.44 bits per heavy atom. The molecule has 1 amide bonds. The molecule has 18 heavy (non-hydrogen) atoms. The molecule has 0 atom stereocenters. The number of nitrogens with zero attached hydrogens (tertiary/aromatic N) is 1. The number of likely N-dealkylation sites (tertiary alicyclic amines) is 1. The van der Waals surface area contributed by atoms with Crippen LogP contribution in [0.4, 0.5) is 0 Å². The fourth-order valence-electron chi connectivity index (χ4n) is 2.30. The molecule has 0 radical (unpaired) electrons. The number of piperidine rings is 1. The molecule has 0 aromatic heterocycles. The van der Waals surface area contributed by atoms with Crippen LogP contribution >= 0.6 is 0 Å². The van der Waals surface area contributed by atoms with Gasteiger partial charge in [0.2, 0.25) is 0 Å². The zero-order chi connectivity index (χ0) is 13.1. The minimum atomic E-state index is 0.0856. The molecule has 1 aliphatic rings. The summed E-state index contributed by atoms with van der Waals surface area (Å²) in [6, 6.07) is 5.82. The second-order valence-corrected chi connectivity index (χ2v) is 5.06. The number of aryl methyl sites for hydroxylation is 2. The van der Waals surface area contributed by atoms with Crippen LogP contribution in [0.25, 0.3) is 0 Å². The van der Waals surface area contributed by atoms with Crippen molar-refractivity contribution in [2.45, 2.75) is 26.7 Å². The first-order valence-electron chi connectivity index (χ1n) is 6.43. The summed E-state index contributed by atoms with van der Waals surface area (Å²) < 4.78 is 0. The predicted molar refractivity (Wildman–Crippen MR) is 70.6 cm³/mol. The van der Waals surface area contributed by atoms with Crippen molar-refractivity contribution < 1.29 is 9.59 Å². The Labute approximate surface area is 108 Å². The van der Waals surface area contributed by atoms with Gasteiger partial charge >= 0.3 is 0 Å². The third-order valence-corrected chi connectivity index (χ3v) is 3.77. The third kappa shape index (κ3) is 2.61.